The summed E-state index contributed by atoms with van der Waals surface area (Å²) >= 11 is 6.06. The summed E-state index contributed by atoms with van der Waals surface area (Å²) in [6, 6.07) is 16.2. The van der Waals surface area contributed by atoms with E-state index in [9.17, 15) is 18.0 Å². The highest BCUT2D eigenvalue weighted by Crippen LogP contribution is 2.33. The number of H-pyrrole nitrogens is 1. The van der Waals surface area contributed by atoms with Crippen molar-refractivity contribution in [2.45, 2.75) is 12.9 Å². The largest absolute Gasteiger partial charge is 0.573 e. The lowest BCUT2D eigenvalue weighted by Crippen LogP contribution is -2.24. The first-order valence-electron chi connectivity index (χ1n) is 11.6. The number of alkyl halides is 3. The Morgan fingerprint density at radius 2 is 1.90 bits per heavy atom. The highest BCUT2D eigenvalue weighted by Gasteiger charge is 2.32. The van der Waals surface area contributed by atoms with Gasteiger partial charge in [0, 0.05) is 12.6 Å². The Morgan fingerprint density at radius 1 is 1.12 bits per heavy atom. The lowest BCUT2D eigenvalue weighted by Gasteiger charge is -2.10. The number of para-hydroxylation sites is 1. The third-order valence-corrected chi connectivity index (χ3v) is 6.16. The minimum absolute atomic E-state index is 0.0543. The first-order chi connectivity index (χ1) is 19.1. The van der Waals surface area contributed by atoms with Gasteiger partial charge in [-0.05, 0) is 53.2 Å². The predicted molar refractivity (Wildman–Crippen MR) is 138 cm³/mol. The van der Waals surface area contributed by atoms with Crippen molar-refractivity contribution in [3.63, 3.8) is 0 Å². The Kier molecular flexibility index (Phi) is 7.17. The van der Waals surface area contributed by atoms with Crippen molar-refractivity contribution >= 4 is 40.2 Å². The average Bonchev–Trinajstić information content (AvgIpc) is 3.52. The molecule has 206 valence electrons. The fourth-order valence-electron chi connectivity index (χ4n) is 4.13. The first kappa shape index (κ1) is 26.7. The molecular weight excluding hydrogens is 553 g/mol. The molecule has 0 bridgehead atoms. The Hall–Kier alpha value is -4.85. The topological polar surface area (TPSA) is 124 Å². The number of halogens is 4. The molecule has 2 aromatic heterocycles. The molecule has 2 heterocycles. The number of nitrogens with zero attached hydrogens (tertiary/aromatic N) is 6. The number of rotatable bonds is 7. The summed E-state index contributed by atoms with van der Waals surface area (Å²) in [5.74, 6) is -0.265. The van der Waals surface area contributed by atoms with Crippen LogP contribution in [0.5, 0.6) is 11.5 Å². The van der Waals surface area contributed by atoms with Gasteiger partial charge in [0.2, 0.25) is 5.62 Å². The van der Waals surface area contributed by atoms with Crippen LogP contribution in [0.15, 0.2) is 65.7 Å². The Balaban J connectivity index is 1.54. The van der Waals surface area contributed by atoms with E-state index in [4.69, 9.17) is 21.3 Å². The molecule has 0 unspecified atom stereocenters. The Labute approximate surface area is 228 Å². The maximum atomic E-state index is 12.7. The summed E-state index contributed by atoms with van der Waals surface area (Å²) in [4.78, 5) is 17.2. The number of aryl methyl sites for hydroxylation is 1. The fourth-order valence-corrected chi connectivity index (χ4v) is 4.34. The van der Waals surface area contributed by atoms with Crippen molar-refractivity contribution in [2.75, 3.05) is 12.4 Å². The number of aromatic nitrogens is 6. The van der Waals surface area contributed by atoms with Gasteiger partial charge < -0.3 is 18.6 Å². The van der Waals surface area contributed by atoms with E-state index in [0.717, 1.165) is 22.7 Å². The van der Waals surface area contributed by atoms with E-state index in [1.165, 1.54) is 12.1 Å². The van der Waals surface area contributed by atoms with E-state index in [-0.39, 0.29) is 11.0 Å². The highest BCUT2D eigenvalue weighted by atomic mass is 35.5. The van der Waals surface area contributed by atoms with Crippen molar-refractivity contribution in [1.29, 1.82) is 0 Å². The zero-order valence-corrected chi connectivity index (χ0v) is 21.7. The maximum Gasteiger partial charge on any atom is 0.573 e. The minimum Gasteiger partial charge on any atom is -0.494 e. The first-order valence-corrected chi connectivity index (χ1v) is 12.0. The van der Waals surface area contributed by atoms with Crippen LogP contribution < -0.4 is 20.4 Å². The van der Waals surface area contributed by atoms with Gasteiger partial charge >= 0.3 is 6.36 Å². The molecule has 0 spiro atoms. The second-order valence-electron chi connectivity index (χ2n) is 8.43. The van der Waals surface area contributed by atoms with Crippen molar-refractivity contribution < 1.29 is 27.4 Å². The number of methoxy groups -OCH3 is 1. The van der Waals surface area contributed by atoms with Gasteiger partial charge in [-0.3, -0.25) is 10.1 Å². The van der Waals surface area contributed by atoms with Gasteiger partial charge in [0.05, 0.1) is 29.9 Å². The van der Waals surface area contributed by atoms with Crippen molar-refractivity contribution in [3.8, 4) is 11.5 Å². The van der Waals surface area contributed by atoms with Gasteiger partial charge in [-0.15, -0.1) is 18.3 Å². The van der Waals surface area contributed by atoms with Gasteiger partial charge in [-0.1, -0.05) is 34.9 Å². The number of fused-ring (bicyclic) bond motifs is 1. The zero-order valence-electron chi connectivity index (χ0n) is 20.9. The molecule has 0 aliphatic rings. The van der Waals surface area contributed by atoms with E-state index in [2.05, 4.69) is 30.7 Å². The molecule has 0 saturated carbocycles. The minimum atomic E-state index is -4.87. The van der Waals surface area contributed by atoms with Crippen molar-refractivity contribution in [3.05, 3.63) is 82.4 Å². The van der Waals surface area contributed by atoms with E-state index in [1.54, 1.807) is 38.4 Å². The summed E-state index contributed by atoms with van der Waals surface area (Å²) < 4.78 is 51.3. The fraction of sp³-hybridized carbons (Fsp3) is 0.160. The van der Waals surface area contributed by atoms with Crippen LogP contribution in [-0.4, -0.2) is 49.1 Å². The number of hydrogen-bond donors (Lipinski definition) is 2. The van der Waals surface area contributed by atoms with Crippen LogP contribution in [0.1, 0.15) is 15.9 Å². The number of ether oxygens (including phenoxy) is 2. The van der Waals surface area contributed by atoms with Gasteiger partial charge in [0.15, 0.2) is 0 Å². The van der Waals surface area contributed by atoms with Gasteiger partial charge in [0.25, 0.3) is 11.9 Å². The molecule has 0 aliphatic heterocycles. The summed E-state index contributed by atoms with van der Waals surface area (Å²) in [7, 11) is 3.36. The average molecular weight is 573 g/mol. The molecule has 15 heteroatoms. The Bertz CT molecular complexity index is 1750. The van der Waals surface area contributed by atoms with Crippen molar-refractivity contribution in [1.82, 2.24) is 29.8 Å². The van der Waals surface area contributed by atoms with Crippen LogP contribution in [0, 0.1) is 0 Å². The maximum absolute atomic E-state index is 12.7. The van der Waals surface area contributed by atoms with Gasteiger partial charge in [0.1, 0.15) is 17.0 Å². The molecule has 0 atom stereocenters. The molecule has 0 fully saturated rings. The number of carbonyl (C=O) groups is 1. The van der Waals surface area contributed by atoms with Crippen LogP contribution in [-0.2, 0) is 13.6 Å². The van der Waals surface area contributed by atoms with Crippen LogP contribution >= 0.6 is 11.6 Å². The zero-order chi connectivity index (χ0) is 28.4. The SMILES string of the molecule is COc1cccc2c1n(C)c(=Nc1ccc(OC(F)(F)F)c(Cl)c1)n2Cc1ccc(C(=O)Nc2nn[nH]n2)cc1. The summed E-state index contributed by atoms with van der Waals surface area (Å²) in [6.07, 6.45) is -4.87. The summed E-state index contributed by atoms with van der Waals surface area (Å²) in [5, 5.41) is 15.3. The van der Waals surface area contributed by atoms with Crippen LogP contribution in [0.3, 0.4) is 0 Å². The Morgan fingerprint density at radius 3 is 2.55 bits per heavy atom. The number of tetrazole rings is 1. The number of imidazole rings is 1. The lowest BCUT2D eigenvalue weighted by atomic mass is 10.1. The molecule has 5 rings (SSSR count). The number of carbonyl (C=O) groups excluding carboxylic acids is 1. The predicted octanol–water partition coefficient (Wildman–Crippen LogP) is 4.59. The van der Waals surface area contributed by atoms with Crippen molar-refractivity contribution in [2.24, 2.45) is 12.0 Å². The summed E-state index contributed by atoms with van der Waals surface area (Å²) in [6.45, 7) is 0.346. The number of amides is 1. The van der Waals surface area contributed by atoms with E-state index in [1.807, 2.05) is 27.3 Å². The summed E-state index contributed by atoms with van der Waals surface area (Å²) in [5.41, 5.74) is 3.56. The molecule has 0 aliphatic carbocycles. The highest BCUT2D eigenvalue weighted by molar-refractivity contribution is 6.32. The lowest BCUT2D eigenvalue weighted by molar-refractivity contribution is -0.274. The normalized spacial score (nSPS) is 12.1. The molecule has 3 aromatic carbocycles. The van der Waals surface area contributed by atoms with Crippen LogP contribution in [0.25, 0.3) is 11.0 Å². The quantitative estimate of drug-likeness (QED) is 0.294. The molecule has 0 saturated heterocycles. The molecule has 1 amide bonds. The second-order valence-corrected chi connectivity index (χ2v) is 8.84. The second kappa shape index (κ2) is 10.7. The molecule has 0 radical (unpaired) electrons. The number of aromatic amines is 1. The number of benzene rings is 3. The van der Waals surface area contributed by atoms with Gasteiger partial charge in [-0.25, -0.2) is 4.99 Å². The third-order valence-electron chi connectivity index (χ3n) is 5.86. The molecule has 40 heavy (non-hydrogen) atoms. The van der Waals surface area contributed by atoms with Gasteiger partial charge in [-0.2, -0.15) is 5.21 Å². The van der Waals surface area contributed by atoms with E-state index < -0.39 is 18.0 Å². The monoisotopic (exact) mass is 572 g/mol. The standard InChI is InChI=1S/C25H20ClF3N8O3/c1-36-21-18(4-3-5-20(21)39-2)37(24(36)30-16-10-11-19(17(26)12-16)40-25(27,28)29)13-14-6-8-15(9-7-14)22(38)31-23-32-34-35-33-23/h3-12H,13H2,1-2H3,(H2,31,32,33,34,35,38). The van der Waals surface area contributed by atoms with E-state index >= 15 is 0 Å². The molecule has 2 N–H and O–H groups in total. The molecule has 5 aromatic rings. The van der Waals surface area contributed by atoms with E-state index in [0.29, 0.717) is 29.2 Å². The third kappa shape index (κ3) is 5.61. The number of nitrogens with one attached hydrogen (secondary N) is 2. The number of anilines is 1. The molecule has 11 nitrogen and oxygen atoms in total. The van der Waals surface area contributed by atoms with Crippen LogP contribution in [0.2, 0.25) is 5.02 Å². The molecular formula is C25H20ClF3N8O3. The number of hydrogen-bond acceptors (Lipinski definition) is 7. The van der Waals surface area contributed by atoms with Crippen LogP contribution in [0.4, 0.5) is 24.8 Å². The smallest absolute Gasteiger partial charge is 0.494 e.